The molecule has 1 aliphatic rings. The number of benzene rings is 1. The van der Waals surface area contributed by atoms with Crippen molar-refractivity contribution in [2.45, 2.75) is 102 Å². The van der Waals surface area contributed by atoms with Gasteiger partial charge in [0.2, 0.25) is 0 Å². The molecule has 0 aromatic heterocycles. The second-order valence-electron chi connectivity index (χ2n) is 8.80. The Morgan fingerprint density at radius 2 is 1.32 bits per heavy atom. The van der Waals surface area contributed by atoms with Gasteiger partial charge in [-0.05, 0) is 30.8 Å². The van der Waals surface area contributed by atoms with Gasteiger partial charge in [0.25, 0.3) is 0 Å². The van der Waals surface area contributed by atoms with Gasteiger partial charge in [-0.2, -0.15) is 0 Å². The normalized spacial score (nSPS) is 23.4. The van der Waals surface area contributed by atoms with Crippen molar-refractivity contribution in [2.75, 3.05) is 0 Å². The first-order valence-corrected chi connectivity index (χ1v) is 14.2. The van der Waals surface area contributed by atoms with Crippen molar-refractivity contribution in [1.82, 2.24) is 0 Å². The maximum atomic E-state index is 2.63. The Morgan fingerprint density at radius 1 is 0.760 bits per heavy atom. The molecule has 1 aromatic rings. The monoisotopic (exact) mass is 356 g/mol. The topological polar surface area (TPSA) is 0 Å². The lowest BCUT2D eigenvalue weighted by atomic mass is 10.1. The summed E-state index contributed by atoms with van der Waals surface area (Å²) < 4.78 is 0. The van der Waals surface area contributed by atoms with Crippen molar-refractivity contribution in [1.29, 1.82) is 0 Å². The SMILES string of the molecule is C[Si](C)(Cc1ccccc1)C1/C=C/CCCCCCCCCCCC1. The summed E-state index contributed by atoms with van der Waals surface area (Å²) in [7, 11) is -1.29. The van der Waals surface area contributed by atoms with Crippen molar-refractivity contribution in [3.05, 3.63) is 48.0 Å². The van der Waals surface area contributed by atoms with E-state index in [0.717, 1.165) is 5.54 Å². The molecule has 0 bridgehead atoms. The van der Waals surface area contributed by atoms with Crippen molar-refractivity contribution in [2.24, 2.45) is 0 Å². The Hall–Kier alpha value is -0.823. The van der Waals surface area contributed by atoms with Crippen LogP contribution in [0.3, 0.4) is 0 Å². The number of hydrogen-bond donors (Lipinski definition) is 0. The molecule has 0 saturated heterocycles. The first-order valence-electron chi connectivity index (χ1n) is 10.9. The lowest BCUT2D eigenvalue weighted by Gasteiger charge is -2.31. The van der Waals surface area contributed by atoms with Gasteiger partial charge < -0.3 is 0 Å². The molecule has 1 aromatic carbocycles. The molecule has 0 saturated carbocycles. The molecule has 140 valence electrons. The van der Waals surface area contributed by atoms with Gasteiger partial charge in [0, 0.05) is 0 Å². The van der Waals surface area contributed by atoms with Crippen LogP contribution in [0.2, 0.25) is 18.6 Å². The third kappa shape index (κ3) is 8.40. The second-order valence-corrected chi connectivity index (χ2v) is 13.9. The van der Waals surface area contributed by atoms with Gasteiger partial charge >= 0.3 is 0 Å². The fourth-order valence-electron chi connectivity index (χ4n) is 4.30. The Balaban J connectivity index is 1.96. The molecule has 25 heavy (non-hydrogen) atoms. The number of hydrogen-bond acceptors (Lipinski definition) is 0. The predicted molar refractivity (Wildman–Crippen MR) is 116 cm³/mol. The van der Waals surface area contributed by atoms with E-state index in [9.17, 15) is 0 Å². The van der Waals surface area contributed by atoms with E-state index in [0.29, 0.717) is 0 Å². The highest BCUT2D eigenvalue weighted by Crippen LogP contribution is 2.32. The van der Waals surface area contributed by atoms with Crippen LogP contribution in [0.15, 0.2) is 42.5 Å². The molecule has 0 amide bonds. The first-order chi connectivity index (χ1) is 12.2. The zero-order chi connectivity index (χ0) is 17.8. The average Bonchev–Trinajstić information content (AvgIpc) is 2.61. The fraction of sp³-hybridized carbons (Fsp3) is 0.667. The lowest BCUT2D eigenvalue weighted by molar-refractivity contribution is 0.548. The molecule has 0 nitrogen and oxygen atoms in total. The molecule has 0 radical (unpaired) electrons. The summed E-state index contributed by atoms with van der Waals surface area (Å²) in [6.45, 7) is 5.23. The molecule has 1 aliphatic carbocycles. The van der Waals surface area contributed by atoms with Gasteiger partial charge in [0.1, 0.15) is 0 Å². The maximum absolute atomic E-state index is 2.63. The molecule has 1 heteroatoms. The summed E-state index contributed by atoms with van der Waals surface area (Å²) in [6.07, 6.45) is 22.3. The van der Waals surface area contributed by atoms with Gasteiger partial charge in [-0.1, -0.05) is 119 Å². The zero-order valence-corrected chi connectivity index (χ0v) is 17.8. The Kier molecular flexibility index (Phi) is 9.61. The third-order valence-corrected chi connectivity index (χ3v) is 9.82. The summed E-state index contributed by atoms with van der Waals surface area (Å²) >= 11 is 0. The molecule has 0 spiro atoms. The summed E-state index contributed by atoms with van der Waals surface area (Å²) in [4.78, 5) is 0. The van der Waals surface area contributed by atoms with Gasteiger partial charge in [0.15, 0.2) is 0 Å². The summed E-state index contributed by atoms with van der Waals surface area (Å²) in [5.41, 5.74) is 2.39. The van der Waals surface area contributed by atoms with E-state index in [4.69, 9.17) is 0 Å². The van der Waals surface area contributed by atoms with E-state index in [1.54, 1.807) is 5.56 Å². The first kappa shape index (κ1) is 20.5. The summed E-state index contributed by atoms with van der Waals surface area (Å²) in [6, 6.07) is 12.5. The van der Waals surface area contributed by atoms with Crippen molar-refractivity contribution in [3.63, 3.8) is 0 Å². The second kappa shape index (κ2) is 11.7. The van der Waals surface area contributed by atoms with E-state index in [2.05, 4.69) is 55.6 Å². The minimum Gasteiger partial charge on any atom is -0.0885 e. The molecule has 1 atom stereocenters. The van der Waals surface area contributed by atoms with Crippen LogP contribution in [-0.2, 0) is 6.04 Å². The average molecular weight is 357 g/mol. The maximum Gasteiger partial charge on any atom is 0.0587 e. The number of allylic oxidation sites excluding steroid dienone is 2. The predicted octanol–water partition coefficient (Wildman–Crippen LogP) is 8.10. The molecule has 0 heterocycles. The van der Waals surface area contributed by atoms with Crippen molar-refractivity contribution >= 4 is 8.07 Å². The van der Waals surface area contributed by atoms with Crippen LogP contribution < -0.4 is 0 Å². The minimum absolute atomic E-state index is 0.845. The van der Waals surface area contributed by atoms with Crippen LogP contribution in [0, 0.1) is 0 Å². The van der Waals surface area contributed by atoms with Crippen LogP contribution in [-0.4, -0.2) is 8.07 Å². The molecular weight excluding hydrogens is 316 g/mol. The van der Waals surface area contributed by atoms with Crippen LogP contribution in [0.1, 0.15) is 82.6 Å². The lowest BCUT2D eigenvalue weighted by Crippen LogP contribution is -2.35. The minimum atomic E-state index is -1.29. The highest BCUT2D eigenvalue weighted by molar-refractivity contribution is 6.78. The molecule has 1 unspecified atom stereocenters. The standard InChI is InChI=1S/C24H40Si/c1-25(2,22-23-18-14-13-15-19-23)24-20-16-11-9-7-5-3-4-6-8-10-12-17-21-24/h13-16,18-20,24H,3-12,17,21-22H2,1-2H3/b20-16+. The molecule has 0 N–H and O–H groups in total. The Bertz CT molecular complexity index is 474. The molecular formula is C24H40Si. The third-order valence-electron chi connectivity index (χ3n) is 6.01. The highest BCUT2D eigenvalue weighted by atomic mass is 28.3. The molecule has 0 aliphatic heterocycles. The van der Waals surface area contributed by atoms with Crippen LogP contribution >= 0.6 is 0 Å². The fourth-order valence-corrected chi connectivity index (χ4v) is 7.49. The molecule has 2 rings (SSSR count). The summed E-state index contributed by atoms with van der Waals surface area (Å²) in [5.74, 6) is 0. The van der Waals surface area contributed by atoms with Crippen LogP contribution in [0.25, 0.3) is 0 Å². The quantitative estimate of drug-likeness (QED) is 0.379. The van der Waals surface area contributed by atoms with E-state index >= 15 is 0 Å². The van der Waals surface area contributed by atoms with E-state index in [1.807, 2.05) is 0 Å². The highest BCUT2D eigenvalue weighted by Gasteiger charge is 2.29. The van der Waals surface area contributed by atoms with Crippen LogP contribution in [0.4, 0.5) is 0 Å². The van der Waals surface area contributed by atoms with Crippen molar-refractivity contribution in [3.8, 4) is 0 Å². The number of rotatable bonds is 3. The van der Waals surface area contributed by atoms with Gasteiger partial charge in [-0.25, -0.2) is 0 Å². The van der Waals surface area contributed by atoms with Crippen molar-refractivity contribution < 1.29 is 0 Å². The van der Waals surface area contributed by atoms with Gasteiger partial charge in [0.05, 0.1) is 8.07 Å². The smallest absolute Gasteiger partial charge is 0.0587 e. The Morgan fingerprint density at radius 3 is 1.96 bits per heavy atom. The summed E-state index contributed by atoms with van der Waals surface area (Å²) in [5, 5.41) is 0. The largest absolute Gasteiger partial charge is 0.0885 e. The Labute approximate surface area is 158 Å². The van der Waals surface area contributed by atoms with E-state index < -0.39 is 8.07 Å². The zero-order valence-electron chi connectivity index (χ0n) is 16.8. The van der Waals surface area contributed by atoms with Gasteiger partial charge in [-0.3, -0.25) is 0 Å². The van der Waals surface area contributed by atoms with Gasteiger partial charge in [-0.15, -0.1) is 0 Å². The van der Waals surface area contributed by atoms with Crippen LogP contribution in [0.5, 0.6) is 0 Å². The molecule has 0 fully saturated rings. The van der Waals surface area contributed by atoms with E-state index in [-0.39, 0.29) is 0 Å². The van der Waals surface area contributed by atoms with E-state index in [1.165, 1.54) is 83.1 Å².